The average molecular weight is 905 g/mol. The molecule has 0 aliphatic carbocycles. The number of hydrogen-bond acceptors (Lipinski definition) is 13. The van der Waals surface area contributed by atoms with Crippen LogP contribution in [0, 0.1) is 11.6 Å². The van der Waals surface area contributed by atoms with Crippen molar-refractivity contribution < 1.29 is 33.1 Å². The number of carbonyl (C=O) groups is 4. The topological polar surface area (TPSA) is 196 Å². The molecule has 4 aliphatic rings. The first-order chi connectivity index (χ1) is 31.5. The van der Waals surface area contributed by atoms with Gasteiger partial charge in [-0.1, -0.05) is 12.1 Å². The highest BCUT2D eigenvalue weighted by molar-refractivity contribution is 7.13. The molecule has 20 heteroatoms. The largest absolute Gasteiger partial charge is 0.389 e. The Hall–Kier alpha value is -6.80. The molecule has 4 amide bonds. The molecule has 4 aliphatic heterocycles. The molecule has 6 aromatic rings. The summed E-state index contributed by atoms with van der Waals surface area (Å²) in [6.45, 7) is 3.63. The fourth-order valence-corrected chi connectivity index (χ4v) is 9.83. The summed E-state index contributed by atoms with van der Waals surface area (Å²) in [6.07, 6.45) is 9.48. The van der Waals surface area contributed by atoms with E-state index < -0.39 is 35.2 Å². The number of imidazole rings is 1. The second-order valence-electron chi connectivity index (χ2n) is 17.0. The van der Waals surface area contributed by atoms with Crippen molar-refractivity contribution in [1.82, 2.24) is 39.5 Å². The van der Waals surface area contributed by atoms with E-state index >= 15 is 8.78 Å². The van der Waals surface area contributed by atoms with Crippen molar-refractivity contribution in [3.63, 3.8) is 0 Å². The number of imide groups is 1. The quantitative estimate of drug-likeness (QED) is 0.133. The van der Waals surface area contributed by atoms with Gasteiger partial charge in [-0.2, -0.15) is 5.10 Å². The summed E-state index contributed by atoms with van der Waals surface area (Å²) in [7, 11) is 0. The van der Waals surface area contributed by atoms with E-state index in [9.17, 15) is 24.3 Å². The standard InChI is InChI=1S/C45H46F2N12O5S/c46-31-22-29(5-7-32(31)51-33-8-10-36(60)52-42(33)62)55-15-11-45(64,12-16-55)23-37(61)57-19-17-56(18-20-57)35-9-4-27(24-49-35)30-6-3-28-25-59(54-39(28)38(30)47)41(43(63)53-44-48-13-21-65-44)40-34-2-1-14-58(34)26-50-40/h3-7,9,13,21-22,24-26,33,41,51,64H,1-2,8,10-12,14-20,23H2,(H,48,53,63)(H,52,60,62). The van der Waals surface area contributed by atoms with Crippen molar-refractivity contribution in [3.8, 4) is 11.1 Å². The second kappa shape index (κ2) is 17.3. The number of piperazine rings is 1. The number of nitrogens with zero attached hydrogens (tertiary/aromatic N) is 9. The number of fused-ring (bicyclic) bond motifs is 2. The van der Waals surface area contributed by atoms with E-state index in [4.69, 9.17) is 0 Å². The second-order valence-corrected chi connectivity index (χ2v) is 17.9. The van der Waals surface area contributed by atoms with E-state index in [0.29, 0.717) is 91.0 Å². The fraction of sp³-hybridized carbons (Fsp3) is 0.378. The summed E-state index contributed by atoms with van der Waals surface area (Å²) in [4.78, 5) is 70.1. The van der Waals surface area contributed by atoms with E-state index in [0.717, 1.165) is 25.1 Å². The van der Waals surface area contributed by atoms with Crippen LogP contribution in [0.5, 0.6) is 0 Å². The zero-order valence-corrected chi connectivity index (χ0v) is 36.1. The van der Waals surface area contributed by atoms with Crippen LogP contribution < -0.4 is 25.8 Å². The van der Waals surface area contributed by atoms with Crippen molar-refractivity contribution in [2.24, 2.45) is 0 Å². The van der Waals surface area contributed by atoms with Crippen molar-refractivity contribution >= 4 is 68.2 Å². The number of anilines is 4. The van der Waals surface area contributed by atoms with Gasteiger partial charge in [-0.25, -0.2) is 23.7 Å². The van der Waals surface area contributed by atoms with Crippen LogP contribution in [0.4, 0.5) is 31.1 Å². The molecular weight excluding hydrogens is 859 g/mol. The molecule has 0 radical (unpaired) electrons. The Balaban J connectivity index is 0.742. The predicted octanol–water partition coefficient (Wildman–Crippen LogP) is 4.49. The zero-order valence-electron chi connectivity index (χ0n) is 35.3. The lowest BCUT2D eigenvalue weighted by atomic mass is 9.87. The first-order valence-corrected chi connectivity index (χ1v) is 22.6. The molecule has 2 atom stereocenters. The predicted molar refractivity (Wildman–Crippen MR) is 238 cm³/mol. The molecule has 3 saturated heterocycles. The Kier molecular flexibility index (Phi) is 11.2. The van der Waals surface area contributed by atoms with Crippen LogP contribution in [0.2, 0.25) is 0 Å². The molecule has 4 aromatic heterocycles. The number of piperidine rings is 2. The smallest absolute Gasteiger partial charge is 0.257 e. The number of amides is 4. The van der Waals surface area contributed by atoms with Gasteiger partial charge in [-0.3, -0.25) is 34.5 Å². The van der Waals surface area contributed by atoms with E-state index in [1.54, 1.807) is 59.5 Å². The molecule has 2 aromatic carbocycles. The number of thiazole rings is 1. The summed E-state index contributed by atoms with van der Waals surface area (Å²) >= 11 is 1.30. The van der Waals surface area contributed by atoms with Gasteiger partial charge in [0.2, 0.25) is 17.7 Å². The van der Waals surface area contributed by atoms with Crippen LogP contribution in [0.15, 0.2) is 72.8 Å². The Morgan fingerprint density at radius 2 is 1.78 bits per heavy atom. The Morgan fingerprint density at radius 3 is 2.52 bits per heavy atom. The zero-order chi connectivity index (χ0) is 44.8. The highest BCUT2D eigenvalue weighted by Crippen LogP contribution is 2.34. The van der Waals surface area contributed by atoms with Gasteiger partial charge in [-0.15, -0.1) is 11.3 Å². The Labute approximate surface area is 375 Å². The SMILES string of the molecule is O=C1CCC(Nc2ccc(N3CCC(O)(CC(=O)N4CCN(c5ccc(-c6ccc7cn(C(C(=O)Nc8nccs8)c8ncn9c8CCC9)nc7c6F)cn5)CC4)CC3)cc2F)C(=O)N1. The van der Waals surface area contributed by atoms with Gasteiger partial charge in [0, 0.05) is 104 Å². The van der Waals surface area contributed by atoms with Crippen LogP contribution in [0.3, 0.4) is 0 Å². The highest BCUT2D eigenvalue weighted by Gasteiger charge is 2.37. The molecule has 8 heterocycles. The number of aliphatic hydroxyl groups is 1. The van der Waals surface area contributed by atoms with Crippen molar-refractivity contribution in [1.29, 1.82) is 0 Å². The van der Waals surface area contributed by atoms with Crippen LogP contribution in [-0.2, 0) is 32.1 Å². The normalized spacial score (nSPS) is 19.0. The molecule has 0 bridgehead atoms. The fourth-order valence-electron chi connectivity index (χ4n) is 9.29. The first-order valence-electron chi connectivity index (χ1n) is 21.8. The van der Waals surface area contributed by atoms with Crippen molar-refractivity contribution in [3.05, 3.63) is 95.8 Å². The summed E-state index contributed by atoms with van der Waals surface area (Å²) in [5.41, 5.74) is 2.14. The molecule has 0 saturated carbocycles. The summed E-state index contributed by atoms with van der Waals surface area (Å²) in [5.74, 6) is -1.70. The highest BCUT2D eigenvalue weighted by atomic mass is 32.1. The minimum absolute atomic E-state index is 0.0168. The summed E-state index contributed by atoms with van der Waals surface area (Å²) in [6, 6.07) is 10.2. The van der Waals surface area contributed by atoms with Gasteiger partial charge in [-0.05, 0) is 62.4 Å². The minimum atomic E-state index is -1.19. The van der Waals surface area contributed by atoms with Crippen molar-refractivity contribution in [2.75, 3.05) is 59.7 Å². The maximum atomic E-state index is 16.3. The Bertz CT molecular complexity index is 2780. The van der Waals surface area contributed by atoms with Gasteiger partial charge in [0.25, 0.3) is 5.91 Å². The van der Waals surface area contributed by atoms with Crippen LogP contribution >= 0.6 is 11.3 Å². The van der Waals surface area contributed by atoms with E-state index in [2.05, 4.69) is 40.9 Å². The Morgan fingerprint density at radius 1 is 0.954 bits per heavy atom. The van der Waals surface area contributed by atoms with E-state index in [-0.39, 0.29) is 48.2 Å². The number of aromatic nitrogens is 6. The number of halogens is 2. The van der Waals surface area contributed by atoms with E-state index in [1.807, 2.05) is 21.6 Å². The summed E-state index contributed by atoms with van der Waals surface area (Å²) in [5, 5.41) is 26.9. The van der Waals surface area contributed by atoms with Gasteiger partial charge in [0.1, 0.15) is 23.2 Å². The number of pyridine rings is 1. The van der Waals surface area contributed by atoms with Gasteiger partial charge in [0.15, 0.2) is 17.0 Å². The minimum Gasteiger partial charge on any atom is -0.389 e. The number of nitrogens with one attached hydrogen (secondary N) is 3. The van der Waals surface area contributed by atoms with Crippen LogP contribution in [-0.4, -0.2) is 114 Å². The third kappa shape index (κ3) is 8.50. The lowest BCUT2D eigenvalue weighted by Crippen LogP contribution is -2.52. The molecular formula is C45H46F2N12O5S. The maximum absolute atomic E-state index is 16.3. The van der Waals surface area contributed by atoms with Crippen molar-refractivity contribution in [2.45, 2.75) is 69.2 Å². The van der Waals surface area contributed by atoms with Crippen LogP contribution in [0.25, 0.3) is 22.0 Å². The molecule has 336 valence electrons. The molecule has 2 unspecified atom stereocenters. The van der Waals surface area contributed by atoms with Gasteiger partial charge < -0.3 is 29.7 Å². The monoisotopic (exact) mass is 904 g/mol. The summed E-state index contributed by atoms with van der Waals surface area (Å²) < 4.78 is 35.0. The van der Waals surface area contributed by atoms with Crippen LogP contribution in [0.1, 0.15) is 56.0 Å². The maximum Gasteiger partial charge on any atom is 0.257 e. The van der Waals surface area contributed by atoms with Gasteiger partial charge >= 0.3 is 0 Å². The number of hydrogen-bond donors (Lipinski definition) is 4. The molecule has 3 fully saturated rings. The molecule has 65 heavy (non-hydrogen) atoms. The molecule has 0 spiro atoms. The number of rotatable bonds is 11. The molecule has 10 rings (SSSR count). The number of carbonyl (C=O) groups excluding carboxylic acids is 4. The number of benzene rings is 2. The molecule has 4 N–H and O–H groups in total. The third-order valence-electron chi connectivity index (χ3n) is 12.9. The van der Waals surface area contributed by atoms with Gasteiger partial charge in [0.05, 0.1) is 29.7 Å². The van der Waals surface area contributed by atoms with E-state index in [1.165, 1.54) is 22.1 Å². The molecule has 17 nitrogen and oxygen atoms in total. The third-order valence-corrected chi connectivity index (χ3v) is 13.6. The average Bonchev–Trinajstić information content (AvgIpc) is 4.14. The number of aryl methyl sites for hydroxylation is 1. The lowest BCUT2D eigenvalue weighted by molar-refractivity contribution is -0.138. The lowest BCUT2D eigenvalue weighted by Gasteiger charge is -2.41. The first kappa shape index (κ1) is 42.2.